The van der Waals surface area contributed by atoms with Gasteiger partial charge in [-0.2, -0.15) is 4.98 Å². The summed E-state index contributed by atoms with van der Waals surface area (Å²) in [6.07, 6.45) is 4.59. The van der Waals surface area contributed by atoms with Crippen LogP contribution in [0.15, 0.2) is 41.8 Å². The Kier molecular flexibility index (Phi) is 6.92. The van der Waals surface area contributed by atoms with Gasteiger partial charge in [0.05, 0.1) is 16.9 Å². The molecule has 9 nitrogen and oxygen atoms in total. The van der Waals surface area contributed by atoms with Gasteiger partial charge in [-0.25, -0.2) is 18.6 Å². The van der Waals surface area contributed by atoms with Crippen molar-refractivity contribution in [2.24, 2.45) is 5.41 Å². The molecule has 2 fully saturated rings. The van der Waals surface area contributed by atoms with Crippen LogP contribution in [0.1, 0.15) is 49.4 Å². The normalized spacial score (nSPS) is 16.8. The summed E-state index contributed by atoms with van der Waals surface area (Å²) in [6.45, 7) is 11.8. The number of ether oxygens (including phenoxy) is 1. The van der Waals surface area contributed by atoms with Crippen molar-refractivity contribution in [1.82, 2.24) is 24.4 Å². The monoisotopic (exact) mass is 632 g/mol. The summed E-state index contributed by atoms with van der Waals surface area (Å²) in [5.74, 6) is -1.75. The third-order valence-electron chi connectivity index (χ3n) is 9.30. The highest BCUT2D eigenvalue weighted by molar-refractivity contribution is 6.33. The summed E-state index contributed by atoms with van der Waals surface area (Å²) in [5, 5.41) is -0.0887. The van der Waals surface area contributed by atoms with Crippen molar-refractivity contribution < 1.29 is 18.3 Å². The Morgan fingerprint density at radius 2 is 1.87 bits per heavy atom. The second kappa shape index (κ2) is 10.6. The fourth-order valence-electron chi connectivity index (χ4n) is 6.94. The van der Waals surface area contributed by atoms with Crippen LogP contribution < -0.4 is 15.3 Å². The molecule has 232 valence electrons. The molecule has 45 heavy (non-hydrogen) atoms. The lowest BCUT2D eigenvalue weighted by atomic mass is 9.72. The van der Waals surface area contributed by atoms with Crippen LogP contribution in [0.25, 0.3) is 27.8 Å². The van der Waals surface area contributed by atoms with E-state index in [9.17, 15) is 14.0 Å². The second-order valence-corrected chi connectivity index (χ2v) is 12.8. The van der Waals surface area contributed by atoms with E-state index in [0.717, 1.165) is 24.5 Å². The van der Waals surface area contributed by atoms with Gasteiger partial charge < -0.3 is 14.5 Å². The molecule has 0 N–H and O–H groups in total. The predicted molar refractivity (Wildman–Crippen MR) is 167 cm³/mol. The van der Waals surface area contributed by atoms with E-state index in [4.69, 9.17) is 21.3 Å². The van der Waals surface area contributed by atoms with Crippen LogP contribution in [0.3, 0.4) is 0 Å². The lowest BCUT2D eigenvalue weighted by Gasteiger charge is -2.53. The van der Waals surface area contributed by atoms with Crippen LogP contribution >= 0.6 is 11.6 Å². The lowest BCUT2D eigenvalue weighted by molar-refractivity contribution is -0.139. The van der Waals surface area contributed by atoms with Gasteiger partial charge in [-0.05, 0) is 49.5 Å². The fraction of sp³-hybridized carbons (Fsp3) is 0.364. The summed E-state index contributed by atoms with van der Waals surface area (Å²) < 4.78 is 37.7. The zero-order chi connectivity index (χ0) is 31.8. The van der Waals surface area contributed by atoms with Gasteiger partial charge in [0.2, 0.25) is 5.91 Å². The fourth-order valence-corrected chi connectivity index (χ4v) is 7.20. The Hall–Kier alpha value is -4.38. The van der Waals surface area contributed by atoms with Gasteiger partial charge >= 0.3 is 5.69 Å². The summed E-state index contributed by atoms with van der Waals surface area (Å²) >= 11 is 6.80. The molecule has 0 bridgehead atoms. The number of carbonyl (C=O) groups excluding carboxylic acids is 1. The number of pyridine rings is 2. The summed E-state index contributed by atoms with van der Waals surface area (Å²) in [6, 6.07) is 4.31. The van der Waals surface area contributed by atoms with E-state index in [1.165, 1.54) is 16.7 Å². The van der Waals surface area contributed by atoms with Crippen molar-refractivity contribution >= 4 is 34.4 Å². The van der Waals surface area contributed by atoms with Crippen molar-refractivity contribution in [2.75, 3.05) is 31.1 Å². The average molecular weight is 633 g/mol. The second-order valence-electron chi connectivity index (χ2n) is 12.4. The maximum Gasteiger partial charge on any atom is 0.354 e. The number of anilines is 1. The highest BCUT2D eigenvalue weighted by Crippen LogP contribution is 2.49. The quantitative estimate of drug-likeness (QED) is 0.210. The third-order valence-corrected chi connectivity index (χ3v) is 9.57. The molecule has 0 radical (unpaired) electrons. The molecule has 0 aliphatic carbocycles. The standard InChI is InChI=1S/C33H31ClF2N6O3/c1-5-21(43)41-15-33(16-41)9-12-40(13-10-33)31-26-28(42(32(44)39-31)27-18(4)8-11-37-25(27)17(2)3)29-23(30(34)38-26)22-19(14-45-29)6-7-20(35)24(22)36/h5-8,11,17H,1,9-10,12-16H2,2-4H3. The first-order chi connectivity index (χ1) is 21.5. The molecule has 1 spiro atoms. The van der Waals surface area contributed by atoms with Crippen LogP contribution in [0.2, 0.25) is 5.15 Å². The molecule has 1 aromatic carbocycles. The maximum absolute atomic E-state index is 15.4. The Morgan fingerprint density at radius 1 is 1.13 bits per heavy atom. The Balaban J connectivity index is 1.45. The predicted octanol–water partition coefficient (Wildman–Crippen LogP) is 5.71. The Morgan fingerprint density at radius 3 is 2.56 bits per heavy atom. The molecule has 12 heteroatoms. The molecule has 0 atom stereocenters. The maximum atomic E-state index is 15.4. The molecule has 6 heterocycles. The van der Waals surface area contributed by atoms with Gasteiger partial charge in [0, 0.05) is 48.9 Å². The van der Waals surface area contributed by atoms with Gasteiger partial charge in [-0.15, -0.1) is 0 Å². The van der Waals surface area contributed by atoms with Crippen LogP contribution in [0.5, 0.6) is 5.75 Å². The smallest absolute Gasteiger partial charge is 0.354 e. The molecule has 3 aliphatic rings. The number of benzene rings is 1. The number of fused-ring (bicyclic) bond motifs is 5. The van der Waals surface area contributed by atoms with Gasteiger partial charge in [0.25, 0.3) is 0 Å². The SMILES string of the molecule is C=CC(=O)N1CC2(CCN(c3nc(=O)n(-c4c(C)ccnc4C(C)C)c4c5c(c(Cl)nc34)-c3c(ccc(F)c3F)CO5)CC2)C1. The van der Waals surface area contributed by atoms with Crippen molar-refractivity contribution in [2.45, 2.75) is 46.1 Å². The number of hydrogen-bond acceptors (Lipinski definition) is 7. The van der Waals surface area contributed by atoms with Crippen LogP contribution in [-0.4, -0.2) is 56.5 Å². The van der Waals surface area contributed by atoms with Gasteiger partial charge in [-0.1, -0.05) is 38.1 Å². The summed E-state index contributed by atoms with van der Waals surface area (Å²) in [7, 11) is 0. The van der Waals surface area contributed by atoms with Crippen molar-refractivity contribution in [3.05, 3.63) is 81.1 Å². The number of aryl methyl sites for hydroxylation is 1. The first kappa shape index (κ1) is 29.3. The number of carbonyl (C=O) groups is 1. The minimum atomic E-state index is -1.06. The molecule has 1 amide bonds. The summed E-state index contributed by atoms with van der Waals surface area (Å²) in [5.41, 5.74) is 2.41. The molecule has 2 saturated heterocycles. The topological polar surface area (TPSA) is 93.5 Å². The number of nitrogens with zero attached hydrogens (tertiary/aromatic N) is 6. The minimum absolute atomic E-state index is 0.00238. The number of amides is 1. The van der Waals surface area contributed by atoms with Crippen molar-refractivity contribution in [3.63, 3.8) is 0 Å². The van der Waals surface area contributed by atoms with Crippen molar-refractivity contribution in [1.29, 1.82) is 0 Å². The molecular weight excluding hydrogens is 602 g/mol. The van der Waals surface area contributed by atoms with E-state index >= 15 is 4.39 Å². The first-order valence-corrected chi connectivity index (χ1v) is 15.3. The van der Waals surface area contributed by atoms with E-state index in [1.807, 2.05) is 25.7 Å². The van der Waals surface area contributed by atoms with Gasteiger partial charge in [0.15, 0.2) is 23.2 Å². The van der Waals surface area contributed by atoms with Crippen molar-refractivity contribution in [3.8, 4) is 22.6 Å². The molecular formula is C33H31ClF2N6O3. The molecule has 3 aliphatic heterocycles. The van der Waals surface area contributed by atoms with E-state index in [0.29, 0.717) is 54.5 Å². The van der Waals surface area contributed by atoms with Crippen LogP contribution in [0.4, 0.5) is 14.6 Å². The zero-order valence-corrected chi connectivity index (χ0v) is 25.9. The van der Waals surface area contributed by atoms with Gasteiger partial charge in [-0.3, -0.25) is 14.3 Å². The minimum Gasteiger partial charge on any atom is -0.486 e. The number of halogens is 3. The number of hydrogen-bond donors (Lipinski definition) is 0. The number of likely N-dealkylation sites (tertiary alicyclic amines) is 1. The molecule has 7 rings (SSSR count). The Labute approximate surface area is 263 Å². The largest absolute Gasteiger partial charge is 0.486 e. The van der Waals surface area contributed by atoms with Crippen LogP contribution in [-0.2, 0) is 11.4 Å². The summed E-state index contributed by atoms with van der Waals surface area (Å²) in [4.78, 5) is 43.9. The highest BCUT2D eigenvalue weighted by Gasteiger charge is 2.46. The van der Waals surface area contributed by atoms with E-state index < -0.39 is 17.3 Å². The van der Waals surface area contributed by atoms with Gasteiger partial charge in [0.1, 0.15) is 22.8 Å². The lowest BCUT2D eigenvalue weighted by Crippen LogP contribution is -2.61. The zero-order valence-electron chi connectivity index (χ0n) is 25.2. The van der Waals surface area contributed by atoms with E-state index in [-0.39, 0.29) is 51.4 Å². The average Bonchev–Trinajstić information content (AvgIpc) is 3.01. The Bertz CT molecular complexity index is 1980. The molecule has 0 saturated carbocycles. The van der Waals surface area contributed by atoms with E-state index in [2.05, 4.69) is 16.5 Å². The molecule has 3 aromatic heterocycles. The number of rotatable bonds is 4. The van der Waals surface area contributed by atoms with Crippen LogP contribution in [0, 0.1) is 24.0 Å². The van der Waals surface area contributed by atoms with E-state index in [1.54, 1.807) is 17.2 Å². The third kappa shape index (κ3) is 4.50. The number of aromatic nitrogens is 4. The molecule has 4 aromatic rings. The highest BCUT2D eigenvalue weighted by atomic mass is 35.5. The number of piperidine rings is 1. The first-order valence-electron chi connectivity index (χ1n) is 14.9. The molecule has 0 unspecified atom stereocenters.